The molecule has 0 heterocycles. The third-order valence-corrected chi connectivity index (χ3v) is 4.23. The van der Waals surface area contributed by atoms with E-state index in [2.05, 4.69) is 52.8 Å². The molecule has 0 saturated heterocycles. The summed E-state index contributed by atoms with van der Waals surface area (Å²) < 4.78 is 0. The highest BCUT2D eigenvalue weighted by molar-refractivity contribution is 7.99. The maximum absolute atomic E-state index is 2.36. The van der Waals surface area contributed by atoms with E-state index in [9.17, 15) is 0 Å². The van der Waals surface area contributed by atoms with E-state index in [4.69, 9.17) is 0 Å². The number of hydrogen-bond donors (Lipinski definition) is 0. The van der Waals surface area contributed by atoms with Gasteiger partial charge in [0.2, 0.25) is 0 Å². The highest BCUT2D eigenvalue weighted by atomic mass is 32.2. The molecule has 0 amide bonds. The molecular weight excluding hydrogens is 212 g/mol. The van der Waals surface area contributed by atoms with Crippen molar-refractivity contribution >= 4 is 11.8 Å². The van der Waals surface area contributed by atoms with Crippen molar-refractivity contribution in [3.63, 3.8) is 0 Å². The minimum absolute atomic E-state index is 0.687. The van der Waals surface area contributed by atoms with Gasteiger partial charge in [-0.15, -0.1) is 0 Å². The van der Waals surface area contributed by atoms with E-state index in [0.717, 1.165) is 11.0 Å². The van der Waals surface area contributed by atoms with Crippen LogP contribution in [-0.2, 0) is 5.75 Å². The van der Waals surface area contributed by atoms with Crippen molar-refractivity contribution in [2.45, 2.75) is 58.0 Å². The lowest BCUT2D eigenvalue weighted by Crippen LogP contribution is -1.97. The summed E-state index contributed by atoms with van der Waals surface area (Å²) in [6.45, 7) is 11.3. The first-order valence-electron chi connectivity index (χ1n) is 6.25. The maximum Gasteiger partial charge on any atom is 0.0187 e. The van der Waals surface area contributed by atoms with E-state index in [-0.39, 0.29) is 0 Å². The van der Waals surface area contributed by atoms with Gasteiger partial charge in [0.15, 0.2) is 0 Å². The van der Waals surface area contributed by atoms with E-state index < -0.39 is 0 Å². The Kier molecular flexibility index (Phi) is 5.40. The molecule has 0 bridgehead atoms. The molecule has 1 unspecified atom stereocenters. The molecule has 0 aliphatic rings. The Labute approximate surface area is 105 Å². The van der Waals surface area contributed by atoms with Crippen LogP contribution in [0.4, 0.5) is 0 Å². The lowest BCUT2D eigenvalue weighted by molar-refractivity contribution is 0.728. The fraction of sp³-hybridized carbons (Fsp3) is 0.600. The van der Waals surface area contributed by atoms with Crippen LogP contribution in [0.3, 0.4) is 0 Å². The van der Waals surface area contributed by atoms with E-state index in [1.54, 1.807) is 0 Å². The van der Waals surface area contributed by atoms with Gasteiger partial charge in [0.1, 0.15) is 0 Å². The Morgan fingerprint density at radius 3 is 2.38 bits per heavy atom. The van der Waals surface area contributed by atoms with E-state index in [0.29, 0.717) is 5.92 Å². The fourth-order valence-corrected chi connectivity index (χ4v) is 2.57. The molecule has 0 saturated carbocycles. The number of aryl methyl sites for hydroxylation is 1. The third kappa shape index (κ3) is 3.86. The third-order valence-electron chi connectivity index (χ3n) is 3.06. The topological polar surface area (TPSA) is 0 Å². The van der Waals surface area contributed by atoms with Crippen LogP contribution < -0.4 is 0 Å². The van der Waals surface area contributed by atoms with Crippen LogP contribution in [0.2, 0.25) is 0 Å². The molecule has 1 heteroatoms. The van der Waals surface area contributed by atoms with Crippen LogP contribution in [0.15, 0.2) is 18.2 Å². The summed E-state index contributed by atoms with van der Waals surface area (Å²) in [6.07, 6.45) is 1.22. The van der Waals surface area contributed by atoms with Crippen molar-refractivity contribution in [2.24, 2.45) is 0 Å². The summed E-state index contributed by atoms with van der Waals surface area (Å²) in [5, 5.41) is 0.717. The second kappa shape index (κ2) is 6.34. The molecule has 1 aromatic rings. The van der Waals surface area contributed by atoms with Crippen LogP contribution >= 0.6 is 11.8 Å². The molecule has 16 heavy (non-hydrogen) atoms. The Bertz CT molecular complexity index is 328. The lowest BCUT2D eigenvalue weighted by Gasteiger charge is -2.14. The average Bonchev–Trinajstić information content (AvgIpc) is 2.25. The molecule has 0 aliphatic carbocycles. The van der Waals surface area contributed by atoms with Gasteiger partial charge < -0.3 is 0 Å². The second-order valence-corrected chi connectivity index (χ2v) is 6.42. The first-order chi connectivity index (χ1) is 7.54. The zero-order chi connectivity index (χ0) is 12.1. The monoisotopic (exact) mass is 236 g/mol. The van der Waals surface area contributed by atoms with Gasteiger partial charge in [-0.25, -0.2) is 0 Å². The van der Waals surface area contributed by atoms with Crippen molar-refractivity contribution in [1.29, 1.82) is 0 Å². The molecule has 0 nitrogen and oxygen atoms in total. The lowest BCUT2D eigenvalue weighted by atomic mass is 9.93. The second-order valence-electron chi connectivity index (χ2n) is 4.86. The molecule has 1 aromatic carbocycles. The molecule has 0 fully saturated rings. The van der Waals surface area contributed by atoms with Crippen molar-refractivity contribution in [2.75, 3.05) is 0 Å². The first-order valence-corrected chi connectivity index (χ1v) is 7.30. The molecule has 90 valence electrons. The van der Waals surface area contributed by atoms with Gasteiger partial charge in [-0.1, -0.05) is 45.9 Å². The van der Waals surface area contributed by atoms with E-state index >= 15 is 0 Å². The van der Waals surface area contributed by atoms with Crippen LogP contribution in [-0.4, -0.2) is 5.25 Å². The molecule has 0 spiro atoms. The number of hydrogen-bond acceptors (Lipinski definition) is 1. The molecule has 0 aliphatic heterocycles. The molecule has 0 radical (unpaired) electrons. The first kappa shape index (κ1) is 13.6. The zero-order valence-corrected chi connectivity index (χ0v) is 12.0. The molecule has 1 atom stereocenters. The fourth-order valence-electron chi connectivity index (χ4n) is 1.86. The quantitative estimate of drug-likeness (QED) is 0.681. The molecule has 1 rings (SSSR count). The minimum Gasteiger partial charge on any atom is -0.154 e. The maximum atomic E-state index is 2.36. The number of benzene rings is 1. The van der Waals surface area contributed by atoms with Crippen LogP contribution in [0.25, 0.3) is 0 Å². The smallest absolute Gasteiger partial charge is 0.0187 e. The van der Waals surface area contributed by atoms with Crippen molar-refractivity contribution < 1.29 is 0 Å². The predicted molar refractivity (Wildman–Crippen MR) is 76.3 cm³/mol. The highest BCUT2D eigenvalue weighted by Gasteiger charge is 2.07. The predicted octanol–water partition coefficient (Wildman–Crippen LogP) is 5.15. The highest BCUT2D eigenvalue weighted by Crippen LogP contribution is 2.25. The number of rotatable bonds is 5. The van der Waals surface area contributed by atoms with Gasteiger partial charge in [0, 0.05) is 5.75 Å². The van der Waals surface area contributed by atoms with Gasteiger partial charge in [-0.3, -0.25) is 0 Å². The summed E-state index contributed by atoms with van der Waals surface area (Å²) in [5.74, 6) is 1.83. The summed E-state index contributed by atoms with van der Waals surface area (Å²) in [7, 11) is 0. The SMILES string of the molecule is CCC(C)c1ccc(CSC(C)C)cc1C. The molecule has 0 N–H and O–H groups in total. The van der Waals surface area contributed by atoms with Gasteiger partial charge in [0.05, 0.1) is 0 Å². The Balaban J connectivity index is 2.74. The Morgan fingerprint density at radius 2 is 1.88 bits per heavy atom. The van der Waals surface area contributed by atoms with E-state index in [1.807, 2.05) is 11.8 Å². The van der Waals surface area contributed by atoms with Crippen LogP contribution in [0, 0.1) is 6.92 Å². The van der Waals surface area contributed by atoms with Gasteiger partial charge in [-0.05, 0) is 41.2 Å². The van der Waals surface area contributed by atoms with E-state index in [1.165, 1.54) is 23.1 Å². The van der Waals surface area contributed by atoms with Crippen LogP contribution in [0.5, 0.6) is 0 Å². The molecular formula is C15H24S. The number of thioether (sulfide) groups is 1. The van der Waals surface area contributed by atoms with Gasteiger partial charge >= 0.3 is 0 Å². The summed E-state index contributed by atoms with van der Waals surface area (Å²) in [6, 6.07) is 6.97. The van der Waals surface area contributed by atoms with Gasteiger partial charge in [-0.2, -0.15) is 11.8 Å². The summed E-state index contributed by atoms with van der Waals surface area (Å²) in [4.78, 5) is 0. The Morgan fingerprint density at radius 1 is 1.19 bits per heavy atom. The summed E-state index contributed by atoms with van der Waals surface area (Å²) >= 11 is 2.01. The van der Waals surface area contributed by atoms with Crippen molar-refractivity contribution in [3.8, 4) is 0 Å². The largest absolute Gasteiger partial charge is 0.154 e. The van der Waals surface area contributed by atoms with Crippen molar-refractivity contribution in [3.05, 3.63) is 34.9 Å². The normalized spacial score (nSPS) is 13.1. The Hall–Kier alpha value is -0.430. The van der Waals surface area contributed by atoms with Gasteiger partial charge in [0.25, 0.3) is 0 Å². The average molecular weight is 236 g/mol. The molecule has 0 aromatic heterocycles. The zero-order valence-electron chi connectivity index (χ0n) is 11.2. The van der Waals surface area contributed by atoms with Crippen LogP contribution in [0.1, 0.15) is 56.7 Å². The summed E-state index contributed by atoms with van der Waals surface area (Å²) in [5.41, 5.74) is 4.43. The minimum atomic E-state index is 0.687. The van der Waals surface area contributed by atoms with Crippen molar-refractivity contribution in [1.82, 2.24) is 0 Å². The standard InChI is InChI=1S/C15H24S/c1-6-12(4)15-8-7-14(9-13(15)5)10-16-11(2)3/h7-9,11-12H,6,10H2,1-5H3.